The lowest BCUT2D eigenvalue weighted by atomic mass is 10.1. The number of hydrogen-bond donors (Lipinski definition) is 3. The number of aromatic nitrogens is 2. The monoisotopic (exact) mass is 337 g/mol. The second-order valence-electron chi connectivity index (χ2n) is 6.03. The maximum absolute atomic E-state index is 11.6. The Labute approximate surface area is 147 Å². The fourth-order valence-corrected chi connectivity index (χ4v) is 2.94. The van der Waals surface area contributed by atoms with Gasteiger partial charge in [0.1, 0.15) is 5.65 Å². The maximum Gasteiger partial charge on any atom is 0.238 e. The second-order valence-corrected chi connectivity index (χ2v) is 6.03. The molecule has 4 N–H and O–H groups in total. The molecule has 2 aromatic heterocycles. The van der Waals surface area contributed by atoms with E-state index in [1.54, 1.807) is 0 Å². The van der Waals surface area contributed by atoms with Gasteiger partial charge in [0.2, 0.25) is 5.91 Å². The number of aryl methyl sites for hydroxylation is 2. The molecule has 0 aliphatic heterocycles. The molecule has 6 heteroatoms. The first kappa shape index (κ1) is 17.1. The summed E-state index contributed by atoms with van der Waals surface area (Å²) >= 11 is 0. The molecular weight excluding hydrogens is 314 g/mol. The number of carbonyl (C=O) groups is 1. The number of imidazole rings is 1. The van der Waals surface area contributed by atoms with Gasteiger partial charge in [-0.1, -0.05) is 18.2 Å². The van der Waals surface area contributed by atoms with Crippen LogP contribution in [0.25, 0.3) is 5.65 Å². The highest BCUT2D eigenvalue weighted by Crippen LogP contribution is 2.20. The summed E-state index contributed by atoms with van der Waals surface area (Å²) in [5.41, 5.74) is 11.5. The summed E-state index contributed by atoms with van der Waals surface area (Å²) in [5.74, 6) is -0.190. The lowest BCUT2D eigenvalue weighted by Crippen LogP contribution is -2.24. The predicted molar refractivity (Wildman–Crippen MR) is 99.3 cm³/mol. The van der Waals surface area contributed by atoms with Crippen LogP contribution >= 0.6 is 0 Å². The van der Waals surface area contributed by atoms with Crippen LogP contribution < -0.4 is 16.4 Å². The molecule has 3 rings (SSSR count). The maximum atomic E-state index is 11.6. The Hall–Kier alpha value is -2.70. The van der Waals surface area contributed by atoms with Crippen LogP contribution in [0, 0.1) is 13.8 Å². The van der Waals surface area contributed by atoms with E-state index in [1.807, 2.05) is 56.4 Å². The first-order valence-electron chi connectivity index (χ1n) is 8.32. The quantitative estimate of drug-likeness (QED) is 0.643. The summed E-state index contributed by atoms with van der Waals surface area (Å²) in [7, 11) is 0. The highest BCUT2D eigenvalue weighted by atomic mass is 16.1. The Balaban J connectivity index is 1.75. The smallest absolute Gasteiger partial charge is 0.238 e. The molecule has 0 aliphatic carbocycles. The minimum absolute atomic E-state index is 0.0260. The van der Waals surface area contributed by atoms with Crippen molar-refractivity contribution in [3.8, 4) is 0 Å². The van der Waals surface area contributed by atoms with Gasteiger partial charge in [-0.05, 0) is 43.2 Å². The highest BCUT2D eigenvalue weighted by Gasteiger charge is 2.10. The topological polar surface area (TPSA) is 84.5 Å². The van der Waals surface area contributed by atoms with E-state index in [-0.39, 0.29) is 12.5 Å². The lowest BCUT2D eigenvalue weighted by molar-refractivity contribution is -0.114. The van der Waals surface area contributed by atoms with Crippen molar-refractivity contribution in [1.29, 1.82) is 0 Å². The molecule has 3 aromatic rings. The number of amides is 1. The van der Waals surface area contributed by atoms with Gasteiger partial charge < -0.3 is 20.8 Å². The normalized spacial score (nSPS) is 11.0. The molecule has 6 nitrogen and oxygen atoms in total. The Bertz CT molecular complexity index is 900. The van der Waals surface area contributed by atoms with Gasteiger partial charge in [0.05, 0.1) is 17.9 Å². The Morgan fingerprint density at radius 1 is 1.16 bits per heavy atom. The average Bonchev–Trinajstić information content (AvgIpc) is 2.92. The van der Waals surface area contributed by atoms with Gasteiger partial charge in [0, 0.05) is 25.0 Å². The number of hydrogen-bond acceptors (Lipinski definition) is 4. The number of rotatable bonds is 6. The molecule has 0 saturated heterocycles. The number of pyridine rings is 1. The summed E-state index contributed by atoms with van der Waals surface area (Å²) < 4.78 is 2.09. The van der Waals surface area contributed by atoms with Gasteiger partial charge in [0.25, 0.3) is 0 Å². The summed E-state index contributed by atoms with van der Waals surface area (Å²) in [6, 6.07) is 11.8. The molecule has 0 spiro atoms. The number of anilines is 1. The van der Waals surface area contributed by atoms with Gasteiger partial charge >= 0.3 is 0 Å². The van der Waals surface area contributed by atoms with Crippen LogP contribution in [0.1, 0.15) is 22.5 Å². The molecule has 0 aliphatic rings. The van der Waals surface area contributed by atoms with Crippen molar-refractivity contribution in [2.24, 2.45) is 5.73 Å². The first-order valence-corrected chi connectivity index (χ1v) is 8.32. The minimum atomic E-state index is -0.190. The largest absolute Gasteiger partial charge is 0.325 e. The van der Waals surface area contributed by atoms with E-state index in [0.717, 1.165) is 33.8 Å². The summed E-state index contributed by atoms with van der Waals surface area (Å²) in [6.45, 7) is 5.36. The summed E-state index contributed by atoms with van der Waals surface area (Å²) in [5, 5.41) is 6.33. The fourth-order valence-electron chi connectivity index (χ4n) is 2.94. The predicted octanol–water partition coefficient (Wildman–Crippen LogP) is 2.14. The van der Waals surface area contributed by atoms with Crippen LogP contribution in [0.15, 0.2) is 42.6 Å². The molecule has 0 bridgehead atoms. The molecule has 0 fully saturated rings. The zero-order chi connectivity index (χ0) is 17.8. The van der Waals surface area contributed by atoms with Crippen LogP contribution in [0.2, 0.25) is 0 Å². The minimum Gasteiger partial charge on any atom is -0.325 e. The third-order valence-corrected chi connectivity index (χ3v) is 4.29. The number of nitrogens with one attached hydrogen (secondary N) is 2. The molecule has 0 saturated carbocycles. The molecule has 1 aromatic carbocycles. The van der Waals surface area contributed by atoms with Crippen LogP contribution in [-0.2, 0) is 17.9 Å². The van der Waals surface area contributed by atoms with Gasteiger partial charge in [-0.3, -0.25) is 4.79 Å². The number of benzene rings is 1. The van der Waals surface area contributed by atoms with E-state index in [0.29, 0.717) is 13.1 Å². The van der Waals surface area contributed by atoms with Gasteiger partial charge in [-0.2, -0.15) is 0 Å². The molecular formula is C19H23N5O. The number of nitrogens with zero attached hydrogens (tertiary/aromatic N) is 2. The van der Waals surface area contributed by atoms with Crippen molar-refractivity contribution in [1.82, 2.24) is 14.7 Å². The van der Waals surface area contributed by atoms with Crippen LogP contribution in [0.3, 0.4) is 0 Å². The van der Waals surface area contributed by atoms with Crippen molar-refractivity contribution >= 4 is 17.2 Å². The van der Waals surface area contributed by atoms with Gasteiger partial charge in [-0.25, -0.2) is 4.98 Å². The van der Waals surface area contributed by atoms with Crippen LogP contribution in [0.5, 0.6) is 0 Å². The van der Waals surface area contributed by atoms with E-state index in [2.05, 4.69) is 20.0 Å². The average molecular weight is 337 g/mol. The second kappa shape index (κ2) is 7.46. The molecule has 0 radical (unpaired) electrons. The van der Waals surface area contributed by atoms with Crippen molar-refractivity contribution in [3.05, 3.63) is 65.1 Å². The number of carbonyl (C=O) groups excluding carboxylic acids is 1. The molecule has 1 amide bonds. The number of nitrogens with two attached hydrogens (primary N) is 1. The van der Waals surface area contributed by atoms with Gasteiger partial charge in [0.15, 0.2) is 0 Å². The third-order valence-electron chi connectivity index (χ3n) is 4.29. The number of fused-ring (bicyclic) bond motifs is 1. The van der Waals surface area contributed by atoms with Crippen molar-refractivity contribution in [3.63, 3.8) is 0 Å². The Morgan fingerprint density at radius 3 is 2.80 bits per heavy atom. The first-order chi connectivity index (χ1) is 12.1. The SMILES string of the molecule is Cc1cccc(NC(=O)CN)c1CNCc1c(C)nc2ccccn12. The van der Waals surface area contributed by atoms with Crippen molar-refractivity contribution in [2.45, 2.75) is 26.9 Å². The zero-order valence-electron chi connectivity index (χ0n) is 14.5. The van der Waals surface area contributed by atoms with E-state index in [4.69, 9.17) is 5.73 Å². The summed E-state index contributed by atoms with van der Waals surface area (Å²) in [6.07, 6.45) is 2.02. The molecule has 2 heterocycles. The molecule has 25 heavy (non-hydrogen) atoms. The van der Waals surface area contributed by atoms with E-state index in [1.165, 1.54) is 0 Å². The molecule has 0 atom stereocenters. The Kier molecular flexibility index (Phi) is 5.11. The van der Waals surface area contributed by atoms with E-state index in [9.17, 15) is 4.79 Å². The standard InChI is InChI=1S/C19H23N5O/c1-13-6-5-7-16(23-19(25)10-20)15(13)11-21-12-17-14(2)22-18-8-3-4-9-24(17)18/h3-9,21H,10-12,20H2,1-2H3,(H,23,25). The van der Waals surface area contributed by atoms with Crippen LogP contribution in [0.4, 0.5) is 5.69 Å². The fraction of sp³-hybridized carbons (Fsp3) is 0.263. The van der Waals surface area contributed by atoms with E-state index >= 15 is 0 Å². The highest BCUT2D eigenvalue weighted by molar-refractivity contribution is 5.93. The van der Waals surface area contributed by atoms with Gasteiger partial charge in [-0.15, -0.1) is 0 Å². The lowest BCUT2D eigenvalue weighted by Gasteiger charge is -2.14. The third kappa shape index (κ3) is 3.70. The molecule has 0 unspecified atom stereocenters. The Morgan fingerprint density at radius 2 is 2.00 bits per heavy atom. The van der Waals surface area contributed by atoms with Crippen molar-refractivity contribution in [2.75, 3.05) is 11.9 Å². The van der Waals surface area contributed by atoms with Crippen LogP contribution in [-0.4, -0.2) is 21.8 Å². The van der Waals surface area contributed by atoms with E-state index < -0.39 is 0 Å². The van der Waals surface area contributed by atoms with Crippen molar-refractivity contribution < 1.29 is 4.79 Å². The summed E-state index contributed by atoms with van der Waals surface area (Å²) in [4.78, 5) is 16.2. The zero-order valence-corrected chi connectivity index (χ0v) is 14.5. The molecule has 130 valence electrons.